The zero-order valence-electron chi connectivity index (χ0n) is 7.01. The Kier molecular flexibility index (Phi) is 3.44. The minimum absolute atomic E-state index is 0.340. The molecule has 1 aromatic rings. The number of nitrogens with zero attached hydrogens (tertiary/aromatic N) is 1. The Balaban J connectivity index is 2.65. The maximum atomic E-state index is 12.8. The summed E-state index contributed by atoms with van der Waals surface area (Å²) in [6.45, 7) is -0.798. The molecule has 0 aliphatic rings. The fourth-order valence-corrected chi connectivity index (χ4v) is 0.820. The van der Waals surface area contributed by atoms with Crippen LogP contribution in [0.1, 0.15) is 10.4 Å². The van der Waals surface area contributed by atoms with E-state index in [4.69, 9.17) is 0 Å². The summed E-state index contributed by atoms with van der Waals surface area (Å²) in [5, 5.41) is 1.87. The molecule has 0 spiro atoms. The quantitative estimate of drug-likeness (QED) is 0.752. The Morgan fingerprint density at radius 2 is 2.29 bits per heavy atom. The van der Waals surface area contributed by atoms with Crippen molar-refractivity contribution >= 4 is 5.91 Å². The van der Waals surface area contributed by atoms with E-state index in [0.717, 1.165) is 0 Å². The van der Waals surface area contributed by atoms with E-state index in [0.29, 0.717) is 0 Å². The van der Waals surface area contributed by atoms with Crippen molar-refractivity contribution in [2.75, 3.05) is 6.54 Å². The van der Waals surface area contributed by atoms with Crippen molar-refractivity contribution in [3.63, 3.8) is 0 Å². The summed E-state index contributed by atoms with van der Waals surface area (Å²) in [7, 11) is 0. The van der Waals surface area contributed by atoms with Crippen LogP contribution in [0, 0.1) is 5.95 Å². The Hall–Kier alpha value is -1.59. The van der Waals surface area contributed by atoms with Crippen LogP contribution in [-0.2, 0) is 0 Å². The molecule has 14 heavy (non-hydrogen) atoms. The molecule has 1 heterocycles. The van der Waals surface area contributed by atoms with Gasteiger partial charge in [-0.3, -0.25) is 4.79 Å². The highest BCUT2D eigenvalue weighted by molar-refractivity contribution is 5.94. The van der Waals surface area contributed by atoms with Crippen molar-refractivity contribution in [3.05, 3.63) is 29.8 Å². The third-order valence-corrected chi connectivity index (χ3v) is 1.42. The summed E-state index contributed by atoms with van der Waals surface area (Å²) < 4.78 is 36.2. The van der Waals surface area contributed by atoms with Gasteiger partial charge in [0.25, 0.3) is 12.3 Å². The molecule has 0 saturated carbocycles. The van der Waals surface area contributed by atoms with E-state index in [1.807, 2.05) is 5.32 Å². The van der Waals surface area contributed by atoms with Crippen LogP contribution in [0.15, 0.2) is 18.3 Å². The number of hydrogen-bond donors (Lipinski definition) is 1. The summed E-state index contributed by atoms with van der Waals surface area (Å²) in [4.78, 5) is 14.3. The van der Waals surface area contributed by atoms with Crippen LogP contribution in [-0.4, -0.2) is 23.9 Å². The molecular weight excluding hydrogens is 197 g/mol. The van der Waals surface area contributed by atoms with E-state index in [9.17, 15) is 18.0 Å². The molecule has 0 fully saturated rings. The van der Waals surface area contributed by atoms with Crippen molar-refractivity contribution in [2.24, 2.45) is 0 Å². The Morgan fingerprint density at radius 3 is 2.86 bits per heavy atom. The highest BCUT2D eigenvalue weighted by Crippen LogP contribution is 2.02. The maximum absolute atomic E-state index is 12.8. The average Bonchev–Trinajstić information content (AvgIpc) is 2.15. The molecule has 1 rings (SSSR count). The molecule has 0 saturated heterocycles. The highest BCUT2D eigenvalue weighted by Gasteiger charge is 2.13. The number of hydrogen-bond acceptors (Lipinski definition) is 2. The summed E-state index contributed by atoms with van der Waals surface area (Å²) in [6, 6.07) is 2.52. The molecule has 0 bridgehead atoms. The van der Waals surface area contributed by atoms with Crippen LogP contribution in [0.25, 0.3) is 0 Å². The number of aromatic nitrogens is 1. The van der Waals surface area contributed by atoms with Crippen LogP contribution in [0.4, 0.5) is 13.2 Å². The van der Waals surface area contributed by atoms with Gasteiger partial charge in [-0.15, -0.1) is 0 Å². The SMILES string of the molecule is O=C(NCC(F)F)c1cccnc1F. The molecule has 0 aromatic carbocycles. The summed E-state index contributed by atoms with van der Waals surface area (Å²) in [5.41, 5.74) is -0.340. The van der Waals surface area contributed by atoms with Gasteiger partial charge < -0.3 is 5.32 Å². The van der Waals surface area contributed by atoms with Gasteiger partial charge in [-0.25, -0.2) is 13.8 Å². The zero-order chi connectivity index (χ0) is 10.6. The second kappa shape index (κ2) is 4.59. The molecule has 0 radical (unpaired) electrons. The average molecular weight is 204 g/mol. The van der Waals surface area contributed by atoms with Crippen molar-refractivity contribution in [1.29, 1.82) is 0 Å². The number of amides is 1. The van der Waals surface area contributed by atoms with E-state index < -0.39 is 24.8 Å². The molecular formula is C8H7F3N2O. The number of carbonyl (C=O) groups is 1. The minimum Gasteiger partial charge on any atom is -0.346 e. The fraction of sp³-hybridized carbons (Fsp3) is 0.250. The lowest BCUT2D eigenvalue weighted by atomic mass is 10.2. The van der Waals surface area contributed by atoms with Gasteiger partial charge in [-0.05, 0) is 12.1 Å². The van der Waals surface area contributed by atoms with E-state index in [2.05, 4.69) is 4.98 Å². The predicted molar refractivity (Wildman–Crippen MR) is 42.5 cm³/mol. The summed E-state index contributed by atoms with van der Waals surface area (Å²) in [6.07, 6.45) is -1.49. The smallest absolute Gasteiger partial charge is 0.256 e. The minimum atomic E-state index is -2.65. The van der Waals surface area contributed by atoms with Crippen molar-refractivity contribution < 1.29 is 18.0 Å². The molecule has 1 amide bonds. The number of pyridine rings is 1. The molecule has 0 aliphatic heterocycles. The van der Waals surface area contributed by atoms with Gasteiger partial charge in [0.1, 0.15) is 0 Å². The first-order valence-corrected chi connectivity index (χ1v) is 3.78. The zero-order valence-corrected chi connectivity index (χ0v) is 7.01. The van der Waals surface area contributed by atoms with Gasteiger partial charge in [0.2, 0.25) is 5.95 Å². The largest absolute Gasteiger partial charge is 0.346 e. The lowest BCUT2D eigenvalue weighted by molar-refractivity contribution is 0.0887. The van der Waals surface area contributed by atoms with Gasteiger partial charge in [0.15, 0.2) is 0 Å². The molecule has 76 valence electrons. The molecule has 0 aliphatic carbocycles. The highest BCUT2D eigenvalue weighted by atomic mass is 19.3. The van der Waals surface area contributed by atoms with Gasteiger partial charge in [-0.1, -0.05) is 0 Å². The van der Waals surface area contributed by atoms with Gasteiger partial charge in [0.05, 0.1) is 12.1 Å². The first-order chi connectivity index (χ1) is 6.61. The monoisotopic (exact) mass is 204 g/mol. The number of nitrogens with one attached hydrogen (secondary N) is 1. The number of halogens is 3. The number of rotatable bonds is 3. The molecule has 0 atom stereocenters. The van der Waals surface area contributed by atoms with E-state index in [1.165, 1.54) is 18.3 Å². The second-order valence-corrected chi connectivity index (χ2v) is 2.44. The lowest BCUT2D eigenvalue weighted by Crippen LogP contribution is -2.29. The first kappa shape index (κ1) is 10.5. The van der Waals surface area contributed by atoms with Crippen molar-refractivity contribution in [1.82, 2.24) is 10.3 Å². The number of carbonyl (C=O) groups excluding carboxylic acids is 1. The summed E-state index contributed by atoms with van der Waals surface area (Å²) >= 11 is 0. The van der Waals surface area contributed by atoms with E-state index in [-0.39, 0.29) is 5.56 Å². The van der Waals surface area contributed by atoms with Crippen LogP contribution >= 0.6 is 0 Å². The first-order valence-electron chi connectivity index (χ1n) is 3.78. The second-order valence-electron chi connectivity index (χ2n) is 2.44. The normalized spacial score (nSPS) is 10.3. The Morgan fingerprint density at radius 1 is 1.57 bits per heavy atom. The van der Waals surface area contributed by atoms with Gasteiger partial charge in [-0.2, -0.15) is 4.39 Å². The van der Waals surface area contributed by atoms with E-state index >= 15 is 0 Å². The molecule has 1 aromatic heterocycles. The third kappa shape index (κ3) is 2.72. The fourth-order valence-electron chi connectivity index (χ4n) is 0.820. The third-order valence-electron chi connectivity index (χ3n) is 1.42. The topological polar surface area (TPSA) is 42.0 Å². The lowest BCUT2D eigenvalue weighted by Gasteiger charge is -2.03. The van der Waals surface area contributed by atoms with Crippen LogP contribution in [0.5, 0.6) is 0 Å². The maximum Gasteiger partial charge on any atom is 0.256 e. The Bertz CT molecular complexity index is 330. The molecule has 6 heteroatoms. The van der Waals surface area contributed by atoms with Crippen molar-refractivity contribution in [3.8, 4) is 0 Å². The van der Waals surface area contributed by atoms with Crippen molar-refractivity contribution in [2.45, 2.75) is 6.43 Å². The molecule has 1 N–H and O–H groups in total. The van der Waals surface area contributed by atoms with Crippen LogP contribution < -0.4 is 5.32 Å². The van der Waals surface area contributed by atoms with Gasteiger partial charge >= 0.3 is 0 Å². The Labute approximate surface area is 78.0 Å². The number of alkyl halides is 2. The molecule has 0 unspecified atom stereocenters. The van der Waals surface area contributed by atoms with Crippen LogP contribution in [0.3, 0.4) is 0 Å². The predicted octanol–water partition coefficient (Wildman–Crippen LogP) is 1.22. The van der Waals surface area contributed by atoms with E-state index in [1.54, 1.807) is 0 Å². The van der Waals surface area contributed by atoms with Crippen LogP contribution in [0.2, 0.25) is 0 Å². The van der Waals surface area contributed by atoms with Gasteiger partial charge in [0, 0.05) is 6.20 Å². The molecule has 3 nitrogen and oxygen atoms in total. The standard InChI is InChI=1S/C8H7F3N2O/c9-6(10)4-13-8(14)5-2-1-3-12-7(5)11/h1-3,6H,4H2,(H,13,14). The summed E-state index contributed by atoms with van der Waals surface area (Å²) in [5.74, 6) is -1.87.